The Morgan fingerprint density at radius 3 is 2.81 bits per heavy atom. The Balaban J connectivity index is 2.02. The Bertz CT molecular complexity index is 371. The van der Waals surface area contributed by atoms with Crippen LogP contribution in [0.2, 0.25) is 5.15 Å². The van der Waals surface area contributed by atoms with E-state index in [4.69, 9.17) is 17.3 Å². The number of nitrogens with two attached hydrogens (primary N) is 1. The SMILES string of the molecule is CCC1(CNc2ncnc(Cl)c2N)CCC1. The van der Waals surface area contributed by atoms with Gasteiger partial charge in [0.15, 0.2) is 11.0 Å². The predicted octanol–water partition coefficient (Wildman–Crippen LogP) is 2.70. The summed E-state index contributed by atoms with van der Waals surface area (Å²) in [4.78, 5) is 7.93. The van der Waals surface area contributed by atoms with E-state index in [0.717, 1.165) is 6.54 Å². The van der Waals surface area contributed by atoms with Gasteiger partial charge in [-0.25, -0.2) is 9.97 Å². The molecule has 2 rings (SSSR count). The zero-order valence-corrected chi connectivity index (χ0v) is 10.2. The zero-order chi connectivity index (χ0) is 11.6. The number of nitrogen functional groups attached to an aromatic ring is 1. The van der Waals surface area contributed by atoms with E-state index >= 15 is 0 Å². The van der Waals surface area contributed by atoms with E-state index in [1.54, 1.807) is 0 Å². The summed E-state index contributed by atoms with van der Waals surface area (Å²) in [5.74, 6) is 0.653. The van der Waals surface area contributed by atoms with E-state index in [1.807, 2.05) is 0 Å². The van der Waals surface area contributed by atoms with Gasteiger partial charge in [0.2, 0.25) is 0 Å². The van der Waals surface area contributed by atoms with Crippen LogP contribution in [-0.4, -0.2) is 16.5 Å². The molecule has 0 saturated heterocycles. The van der Waals surface area contributed by atoms with E-state index < -0.39 is 0 Å². The van der Waals surface area contributed by atoms with Crippen molar-refractivity contribution in [3.8, 4) is 0 Å². The average molecular weight is 241 g/mol. The molecule has 0 radical (unpaired) electrons. The van der Waals surface area contributed by atoms with E-state index in [0.29, 0.717) is 22.1 Å². The summed E-state index contributed by atoms with van der Waals surface area (Å²) in [6.07, 6.45) is 6.53. The molecule has 3 N–H and O–H groups in total. The normalized spacial score (nSPS) is 17.9. The molecule has 1 fully saturated rings. The van der Waals surface area contributed by atoms with Crippen molar-refractivity contribution in [1.82, 2.24) is 9.97 Å². The van der Waals surface area contributed by atoms with Crippen molar-refractivity contribution in [3.63, 3.8) is 0 Å². The first-order chi connectivity index (χ1) is 7.67. The van der Waals surface area contributed by atoms with Crippen LogP contribution in [0, 0.1) is 5.41 Å². The van der Waals surface area contributed by atoms with Gasteiger partial charge >= 0.3 is 0 Å². The van der Waals surface area contributed by atoms with Crippen LogP contribution < -0.4 is 11.1 Å². The summed E-state index contributed by atoms with van der Waals surface area (Å²) in [6, 6.07) is 0. The summed E-state index contributed by atoms with van der Waals surface area (Å²) in [7, 11) is 0. The van der Waals surface area contributed by atoms with Crippen LogP contribution in [-0.2, 0) is 0 Å². The highest BCUT2D eigenvalue weighted by atomic mass is 35.5. The lowest BCUT2D eigenvalue weighted by Gasteiger charge is -2.41. The molecule has 1 heterocycles. The van der Waals surface area contributed by atoms with Gasteiger partial charge in [0.1, 0.15) is 12.0 Å². The second-order valence-corrected chi connectivity index (χ2v) is 4.85. The van der Waals surface area contributed by atoms with Crippen molar-refractivity contribution in [2.75, 3.05) is 17.6 Å². The molecule has 1 aromatic heterocycles. The Morgan fingerprint density at radius 1 is 1.50 bits per heavy atom. The monoisotopic (exact) mass is 240 g/mol. The second-order valence-electron chi connectivity index (χ2n) is 4.49. The zero-order valence-electron chi connectivity index (χ0n) is 9.46. The van der Waals surface area contributed by atoms with Crippen molar-refractivity contribution in [2.45, 2.75) is 32.6 Å². The number of hydrogen-bond acceptors (Lipinski definition) is 4. The molecule has 0 spiro atoms. The highest BCUT2D eigenvalue weighted by molar-refractivity contribution is 6.32. The lowest BCUT2D eigenvalue weighted by Crippen LogP contribution is -2.36. The van der Waals surface area contributed by atoms with Crippen LogP contribution >= 0.6 is 11.6 Å². The third-order valence-corrected chi connectivity index (χ3v) is 3.93. The highest BCUT2D eigenvalue weighted by Crippen LogP contribution is 2.43. The fourth-order valence-corrected chi connectivity index (χ4v) is 2.25. The first-order valence-corrected chi connectivity index (χ1v) is 6.04. The second kappa shape index (κ2) is 4.45. The number of anilines is 2. The van der Waals surface area contributed by atoms with Gasteiger partial charge < -0.3 is 11.1 Å². The summed E-state index contributed by atoms with van der Waals surface area (Å²) in [5, 5.41) is 3.60. The first-order valence-electron chi connectivity index (χ1n) is 5.67. The van der Waals surface area contributed by atoms with Crippen molar-refractivity contribution >= 4 is 23.1 Å². The van der Waals surface area contributed by atoms with Gasteiger partial charge in [-0.2, -0.15) is 0 Å². The molecular weight excluding hydrogens is 224 g/mol. The van der Waals surface area contributed by atoms with Gasteiger partial charge in [0.05, 0.1) is 0 Å². The number of halogens is 1. The predicted molar refractivity (Wildman–Crippen MR) is 66.5 cm³/mol. The van der Waals surface area contributed by atoms with Crippen LogP contribution in [0.1, 0.15) is 32.6 Å². The van der Waals surface area contributed by atoms with Crippen molar-refractivity contribution < 1.29 is 0 Å². The lowest BCUT2D eigenvalue weighted by atomic mass is 9.67. The third kappa shape index (κ3) is 2.07. The molecule has 1 aliphatic carbocycles. The van der Waals surface area contributed by atoms with Crippen LogP contribution in [0.3, 0.4) is 0 Å². The Hall–Kier alpha value is -1.03. The fourth-order valence-electron chi connectivity index (χ4n) is 2.12. The van der Waals surface area contributed by atoms with Crippen molar-refractivity contribution in [3.05, 3.63) is 11.5 Å². The molecule has 5 heteroatoms. The van der Waals surface area contributed by atoms with Gasteiger partial charge in [-0.05, 0) is 24.7 Å². The molecule has 0 aromatic carbocycles. The number of hydrogen-bond donors (Lipinski definition) is 2. The number of rotatable bonds is 4. The molecule has 88 valence electrons. The highest BCUT2D eigenvalue weighted by Gasteiger charge is 2.34. The molecule has 16 heavy (non-hydrogen) atoms. The van der Waals surface area contributed by atoms with E-state index in [9.17, 15) is 0 Å². The van der Waals surface area contributed by atoms with E-state index in [1.165, 1.54) is 32.0 Å². The molecule has 0 amide bonds. The van der Waals surface area contributed by atoms with Crippen LogP contribution in [0.15, 0.2) is 6.33 Å². The van der Waals surface area contributed by atoms with Crippen LogP contribution in [0.4, 0.5) is 11.5 Å². The lowest BCUT2D eigenvalue weighted by molar-refractivity contribution is 0.145. The standard InChI is InChI=1S/C11H17ClN4/c1-2-11(4-3-5-11)6-14-10-8(13)9(12)15-7-16-10/h7H,2-6,13H2,1H3,(H,14,15,16). The quantitative estimate of drug-likeness (QED) is 0.795. The van der Waals surface area contributed by atoms with Crippen molar-refractivity contribution in [1.29, 1.82) is 0 Å². The Morgan fingerprint density at radius 2 is 2.25 bits per heavy atom. The first kappa shape index (κ1) is 11.5. The molecule has 0 bridgehead atoms. The van der Waals surface area contributed by atoms with Gasteiger partial charge in [0.25, 0.3) is 0 Å². The Labute approximate surface area is 101 Å². The molecule has 1 saturated carbocycles. The van der Waals surface area contributed by atoms with Crippen LogP contribution in [0.25, 0.3) is 0 Å². The minimum Gasteiger partial charge on any atom is -0.393 e. The topological polar surface area (TPSA) is 63.8 Å². The fraction of sp³-hybridized carbons (Fsp3) is 0.636. The maximum Gasteiger partial charge on any atom is 0.157 e. The minimum atomic E-state index is 0.316. The third-order valence-electron chi connectivity index (χ3n) is 3.63. The molecular formula is C11H17ClN4. The summed E-state index contributed by atoms with van der Waals surface area (Å²) in [6.45, 7) is 3.15. The number of nitrogens with one attached hydrogen (secondary N) is 1. The van der Waals surface area contributed by atoms with Gasteiger partial charge in [0, 0.05) is 6.54 Å². The van der Waals surface area contributed by atoms with Gasteiger partial charge in [-0.1, -0.05) is 24.9 Å². The summed E-state index contributed by atoms with van der Waals surface area (Å²) in [5.41, 5.74) is 6.67. The summed E-state index contributed by atoms with van der Waals surface area (Å²) < 4.78 is 0. The molecule has 0 aliphatic heterocycles. The average Bonchev–Trinajstić information content (AvgIpc) is 2.23. The van der Waals surface area contributed by atoms with E-state index in [-0.39, 0.29) is 0 Å². The maximum atomic E-state index is 5.83. The molecule has 0 unspecified atom stereocenters. The molecule has 0 atom stereocenters. The summed E-state index contributed by atoms with van der Waals surface area (Å²) >= 11 is 5.83. The maximum absolute atomic E-state index is 5.83. The van der Waals surface area contributed by atoms with Gasteiger partial charge in [-0.3, -0.25) is 0 Å². The molecule has 4 nitrogen and oxygen atoms in total. The Kier molecular flexibility index (Phi) is 3.19. The molecule has 1 aliphatic rings. The smallest absolute Gasteiger partial charge is 0.157 e. The number of nitrogens with zero attached hydrogens (tertiary/aromatic N) is 2. The minimum absolute atomic E-state index is 0.316. The van der Waals surface area contributed by atoms with Crippen molar-refractivity contribution in [2.24, 2.45) is 5.41 Å². The van der Waals surface area contributed by atoms with Crippen LogP contribution in [0.5, 0.6) is 0 Å². The number of aromatic nitrogens is 2. The molecule has 1 aromatic rings. The van der Waals surface area contributed by atoms with E-state index in [2.05, 4.69) is 22.2 Å². The largest absolute Gasteiger partial charge is 0.393 e. The van der Waals surface area contributed by atoms with Gasteiger partial charge in [-0.15, -0.1) is 0 Å².